The summed E-state index contributed by atoms with van der Waals surface area (Å²) in [5, 5.41) is 0. The predicted molar refractivity (Wildman–Crippen MR) is 136 cm³/mol. The maximum absolute atomic E-state index is 15.4. The highest BCUT2D eigenvalue weighted by atomic mass is 19.1. The van der Waals surface area contributed by atoms with Crippen LogP contribution in [0.25, 0.3) is 22.3 Å². The van der Waals surface area contributed by atoms with Crippen LogP contribution in [-0.4, -0.2) is 6.67 Å². The van der Waals surface area contributed by atoms with Gasteiger partial charge in [0.2, 0.25) is 0 Å². The molecular weight excluding hydrogens is 429 g/mol. The van der Waals surface area contributed by atoms with E-state index in [2.05, 4.69) is 6.92 Å². The lowest BCUT2D eigenvalue weighted by molar-refractivity contribution is 0.174. The first-order valence-corrected chi connectivity index (χ1v) is 12.8. The number of hydrogen-bond donors (Lipinski definition) is 0. The zero-order valence-corrected chi connectivity index (χ0v) is 20.1. The smallest absolute Gasteiger partial charge is 0.134 e. The fraction of sp³-hybridized carbons (Fsp3) is 0.419. The minimum atomic E-state index is -0.563. The number of unbranched alkanes of at least 4 members (excludes halogenated alkanes) is 1. The third-order valence-electron chi connectivity index (χ3n) is 7.61. The summed E-state index contributed by atoms with van der Waals surface area (Å²) < 4.78 is 44.3. The van der Waals surface area contributed by atoms with Crippen LogP contribution < -0.4 is 0 Å². The van der Waals surface area contributed by atoms with E-state index in [-0.39, 0.29) is 11.5 Å². The molecule has 0 saturated heterocycles. The largest absolute Gasteiger partial charge is 0.251 e. The molecule has 0 aliphatic heterocycles. The van der Waals surface area contributed by atoms with E-state index in [0.717, 1.165) is 49.7 Å². The molecule has 3 atom stereocenters. The van der Waals surface area contributed by atoms with Gasteiger partial charge >= 0.3 is 0 Å². The summed E-state index contributed by atoms with van der Waals surface area (Å²) in [5.74, 6) is -0.447. The Morgan fingerprint density at radius 1 is 0.824 bits per heavy atom. The lowest BCUT2D eigenvalue weighted by atomic mass is 9.68. The number of alkyl halides is 1. The van der Waals surface area contributed by atoms with E-state index in [1.54, 1.807) is 12.1 Å². The first-order chi connectivity index (χ1) is 16.6. The van der Waals surface area contributed by atoms with Crippen molar-refractivity contribution in [3.05, 3.63) is 83.9 Å². The van der Waals surface area contributed by atoms with Gasteiger partial charge in [-0.15, -0.1) is 0 Å². The van der Waals surface area contributed by atoms with Crippen molar-refractivity contribution in [2.75, 3.05) is 6.67 Å². The second kappa shape index (κ2) is 11.7. The standard InChI is InChI=1S/C31H35F3/c1-2-3-9-24-12-7-8-13-27(24)28(18-19-32)26-20-29(33)31(30(34)21-26)25-16-14-23(15-17-25)22-10-5-4-6-11-22/h4-6,10-11,14-17,20-21,24,27-28H,2-3,7-9,12-13,18-19H2,1H3. The average Bonchev–Trinajstić information content (AvgIpc) is 2.87. The van der Waals surface area contributed by atoms with E-state index in [1.807, 2.05) is 42.5 Å². The fourth-order valence-electron chi connectivity index (χ4n) is 5.88. The van der Waals surface area contributed by atoms with Gasteiger partial charge < -0.3 is 0 Å². The fourth-order valence-corrected chi connectivity index (χ4v) is 5.88. The molecule has 0 aromatic heterocycles. The molecule has 1 fully saturated rings. The van der Waals surface area contributed by atoms with Crippen LogP contribution in [0.2, 0.25) is 0 Å². The van der Waals surface area contributed by atoms with Crippen molar-refractivity contribution in [3.8, 4) is 22.3 Å². The third-order valence-corrected chi connectivity index (χ3v) is 7.61. The van der Waals surface area contributed by atoms with E-state index in [9.17, 15) is 4.39 Å². The molecule has 3 aromatic carbocycles. The van der Waals surface area contributed by atoms with Gasteiger partial charge in [-0.3, -0.25) is 4.39 Å². The highest BCUT2D eigenvalue weighted by Gasteiger charge is 2.33. The summed E-state index contributed by atoms with van der Waals surface area (Å²) >= 11 is 0. The first-order valence-electron chi connectivity index (χ1n) is 12.8. The molecule has 1 aliphatic rings. The van der Waals surface area contributed by atoms with Gasteiger partial charge in [0.05, 0.1) is 12.2 Å². The van der Waals surface area contributed by atoms with Gasteiger partial charge in [-0.1, -0.05) is 100 Å². The Balaban J connectivity index is 1.62. The number of rotatable bonds is 9. The van der Waals surface area contributed by atoms with E-state index in [4.69, 9.17) is 0 Å². The molecule has 0 heterocycles. The van der Waals surface area contributed by atoms with Gasteiger partial charge in [-0.2, -0.15) is 0 Å². The molecule has 0 bridgehead atoms. The van der Waals surface area contributed by atoms with Crippen molar-refractivity contribution in [2.24, 2.45) is 11.8 Å². The maximum Gasteiger partial charge on any atom is 0.134 e. The van der Waals surface area contributed by atoms with Crippen LogP contribution in [0, 0.1) is 23.5 Å². The molecule has 1 saturated carbocycles. The van der Waals surface area contributed by atoms with Crippen LogP contribution >= 0.6 is 0 Å². The van der Waals surface area contributed by atoms with Gasteiger partial charge in [0.1, 0.15) is 11.6 Å². The van der Waals surface area contributed by atoms with Gasteiger partial charge in [-0.25, -0.2) is 8.78 Å². The Bertz CT molecular complexity index is 1020. The summed E-state index contributed by atoms with van der Waals surface area (Å²) in [6.07, 6.45) is 8.23. The van der Waals surface area contributed by atoms with E-state index >= 15 is 8.78 Å². The topological polar surface area (TPSA) is 0 Å². The summed E-state index contributed by atoms with van der Waals surface area (Å²) in [4.78, 5) is 0. The highest BCUT2D eigenvalue weighted by Crippen LogP contribution is 2.45. The molecule has 34 heavy (non-hydrogen) atoms. The Kier molecular flexibility index (Phi) is 8.48. The second-order valence-corrected chi connectivity index (χ2v) is 9.74. The molecule has 180 valence electrons. The minimum Gasteiger partial charge on any atom is -0.251 e. The molecule has 0 amide bonds. The summed E-state index contributed by atoms with van der Waals surface area (Å²) in [7, 11) is 0. The molecule has 4 rings (SSSR count). The van der Waals surface area contributed by atoms with Crippen molar-refractivity contribution < 1.29 is 13.2 Å². The maximum atomic E-state index is 15.4. The molecule has 0 spiro atoms. The third kappa shape index (κ3) is 5.56. The zero-order chi connectivity index (χ0) is 23.9. The number of hydrogen-bond acceptors (Lipinski definition) is 0. The van der Waals surface area contributed by atoms with Crippen molar-refractivity contribution in [3.63, 3.8) is 0 Å². The van der Waals surface area contributed by atoms with Crippen LogP contribution in [-0.2, 0) is 0 Å². The summed E-state index contributed by atoms with van der Waals surface area (Å²) in [6.45, 7) is 1.72. The van der Waals surface area contributed by atoms with Gasteiger partial charge in [0.25, 0.3) is 0 Å². The average molecular weight is 465 g/mol. The molecule has 3 unspecified atom stereocenters. The summed E-state index contributed by atoms with van der Waals surface area (Å²) in [6, 6.07) is 20.2. The molecular formula is C31H35F3. The zero-order valence-electron chi connectivity index (χ0n) is 20.1. The molecule has 0 nitrogen and oxygen atoms in total. The van der Waals surface area contributed by atoms with E-state index < -0.39 is 18.3 Å². The monoisotopic (exact) mass is 464 g/mol. The van der Waals surface area contributed by atoms with Crippen LogP contribution in [0.5, 0.6) is 0 Å². The Morgan fingerprint density at radius 2 is 1.44 bits per heavy atom. The van der Waals surface area contributed by atoms with Crippen LogP contribution in [0.3, 0.4) is 0 Å². The number of benzene rings is 3. The Hall–Kier alpha value is -2.55. The SMILES string of the molecule is CCCCC1CCCCC1C(CCF)c1cc(F)c(-c2ccc(-c3ccccc3)cc2)c(F)c1. The second-order valence-electron chi connectivity index (χ2n) is 9.74. The summed E-state index contributed by atoms with van der Waals surface area (Å²) in [5.41, 5.74) is 3.19. The van der Waals surface area contributed by atoms with Crippen molar-refractivity contribution in [1.82, 2.24) is 0 Å². The molecule has 0 N–H and O–H groups in total. The normalized spacial score (nSPS) is 19.2. The lowest BCUT2D eigenvalue weighted by Gasteiger charge is -2.37. The Morgan fingerprint density at radius 3 is 2.09 bits per heavy atom. The van der Waals surface area contributed by atoms with Crippen LogP contribution in [0.1, 0.15) is 69.8 Å². The molecule has 0 radical (unpaired) electrons. The molecule has 3 aromatic rings. The lowest BCUT2D eigenvalue weighted by Crippen LogP contribution is -2.26. The van der Waals surface area contributed by atoms with Crippen LogP contribution in [0.4, 0.5) is 13.2 Å². The highest BCUT2D eigenvalue weighted by molar-refractivity contribution is 5.71. The first kappa shape index (κ1) is 24.6. The Labute approximate surface area is 202 Å². The quantitative estimate of drug-likeness (QED) is 0.296. The van der Waals surface area contributed by atoms with Crippen molar-refractivity contribution in [2.45, 2.75) is 64.2 Å². The molecule has 1 aliphatic carbocycles. The van der Waals surface area contributed by atoms with E-state index in [1.165, 1.54) is 18.6 Å². The van der Waals surface area contributed by atoms with Crippen molar-refractivity contribution >= 4 is 0 Å². The minimum absolute atomic E-state index is 0.00598. The van der Waals surface area contributed by atoms with E-state index in [0.29, 0.717) is 29.4 Å². The predicted octanol–water partition coefficient (Wildman–Crippen LogP) is 9.74. The molecule has 3 heteroatoms. The number of halogens is 3. The van der Waals surface area contributed by atoms with Gasteiger partial charge in [0, 0.05) is 0 Å². The van der Waals surface area contributed by atoms with Gasteiger partial charge in [-0.05, 0) is 65.0 Å². The van der Waals surface area contributed by atoms with Crippen molar-refractivity contribution in [1.29, 1.82) is 0 Å². The van der Waals surface area contributed by atoms with Gasteiger partial charge in [0.15, 0.2) is 0 Å². The van der Waals surface area contributed by atoms with Crippen LogP contribution in [0.15, 0.2) is 66.7 Å².